The molecule has 2 heterocycles. The van der Waals surface area contributed by atoms with Crippen molar-refractivity contribution in [3.63, 3.8) is 0 Å². The Morgan fingerprint density at radius 2 is 1.40 bits per heavy atom. The van der Waals surface area contributed by atoms with Gasteiger partial charge in [-0.2, -0.15) is 0 Å². The highest BCUT2D eigenvalue weighted by molar-refractivity contribution is 7.59. The van der Waals surface area contributed by atoms with E-state index in [1.54, 1.807) is 20.8 Å². The van der Waals surface area contributed by atoms with Gasteiger partial charge in [0, 0.05) is 0 Å². The average molecular weight is 615 g/mol. The first-order valence-corrected chi connectivity index (χ1v) is 15.2. The lowest BCUT2D eigenvalue weighted by molar-refractivity contribution is -0.148. The number of carbonyl (C=O) groups is 4. The van der Waals surface area contributed by atoms with Crippen molar-refractivity contribution in [1.29, 1.82) is 0 Å². The molecule has 0 radical (unpaired) electrons. The number of ether oxygens (including phenoxy) is 4. The molecule has 0 fully saturated rings. The Morgan fingerprint density at radius 3 is 1.93 bits per heavy atom. The largest absolute Gasteiger partial charge is 0.465 e. The summed E-state index contributed by atoms with van der Waals surface area (Å²) in [6.07, 6.45) is 0.555. The third kappa shape index (κ3) is 9.72. The Hall–Kier alpha value is -3.66. The monoisotopic (exact) mass is 614 g/mol. The SMILES string of the molecule is CCOC(=O)[C@H](C)NC(=O)[C@H](Cn1cnc2c(N)ncnc21)OCP(=O)(N[C@@H](C)C(=O)OCC)N[C@@H](C)C(=O)OCC. The van der Waals surface area contributed by atoms with E-state index >= 15 is 0 Å². The summed E-state index contributed by atoms with van der Waals surface area (Å²) in [4.78, 5) is 62.3. The van der Waals surface area contributed by atoms with Crippen LogP contribution in [0.1, 0.15) is 41.5 Å². The van der Waals surface area contributed by atoms with Gasteiger partial charge < -0.3 is 34.6 Å². The molecule has 0 aliphatic rings. The Morgan fingerprint density at radius 1 is 0.881 bits per heavy atom. The molecule has 0 saturated carbocycles. The first kappa shape index (κ1) is 34.5. The van der Waals surface area contributed by atoms with E-state index in [2.05, 4.69) is 30.4 Å². The minimum atomic E-state index is -3.96. The Bertz CT molecular complexity index is 1260. The number of nitrogens with zero attached hydrogens (tertiary/aromatic N) is 4. The quantitative estimate of drug-likeness (QED) is 0.105. The van der Waals surface area contributed by atoms with E-state index < -0.39 is 61.8 Å². The van der Waals surface area contributed by atoms with Crippen LogP contribution in [0.25, 0.3) is 11.2 Å². The minimum Gasteiger partial charge on any atom is -0.465 e. The van der Waals surface area contributed by atoms with E-state index in [0.29, 0.717) is 5.65 Å². The van der Waals surface area contributed by atoms with Gasteiger partial charge in [-0.05, 0) is 41.5 Å². The molecule has 4 atom stereocenters. The van der Waals surface area contributed by atoms with Crippen LogP contribution in [0.4, 0.5) is 5.82 Å². The molecule has 0 bridgehead atoms. The van der Waals surface area contributed by atoms with Gasteiger partial charge in [-0.25, -0.2) is 29.9 Å². The molecule has 0 aromatic carbocycles. The number of rotatable bonds is 17. The van der Waals surface area contributed by atoms with Crippen molar-refractivity contribution in [2.45, 2.75) is 72.3 Å². The second-order valence-electron chi connectivity index (χ2n) is 9.04. The summed E-state index contributed by atoms with van der Waals surface area (Å²) in [5, 5.41) is 7.81. The zero-order chi connectivity index (χ0) is 31.4. The van der Waals surface area contributed by atoms with Crippen molar-refractivity contribution >= 4 is 48.2 Å². The highest BCUT2D eigenvalue weighted by Gasteiger charge is 2.35. The van der Waals surface area contributed by atoms with Gasteiger partial charge in [-0.1, -0.05) is 0 Å². The summed E-state index contributed by atoms with van der Waals surface area (Å²) in [5.41, 5.74) is 6.46. The summed E-state index contributed by atoms with van der Waals surface area (Å²) in [6.45, 7) is 9.24. The third-order valence-electron chi connectivity index (χ3n) is 5.63. The highest BCUT2D eigenvalue weighted by atomic mass is 31.2. The number of carbonyl (C=O) groups excluding carboxylic acids is 4. The molecule has 0 saturated heterocycles. The van der Waals surface area contributed by atoms with Gasteiger partial charge in [-0.3, -0.25) is 18.9 Å². The van der Waals surface area contributed by atoms with Crippen molar-refractivity contribution in [3.8, 4) is 0 Å². The third-order valence-corrected chi connectivity index (χ3v) is 7.75. The Balaban J connectivity index is 2.37. The molecule has 0 aliphatic carbocycles. The molecule has 2 rings (SSSR count). The Labute approximate surface area is 243 Å². The number of imidazole rings is 1. The lowest BCUT2D eigenvalue weighted by atomic mass is 10.2. The smallest absolute Gasteiger partial charge is 0.328 e. The molecule has 0 aliphatic heterocycles. The maximum atomic E-state index is 14.0. The fraction of sp³-hybridized carbons (Fsp3) is 0.625. The van der Waals surface area contributed by atoms with Crippen LogP contribution >= 0.6 is 7.44 Å². The number of amides is 1. The predicted octanol–water partition coefficient (Wildman–Crippen LogP) is 0.0945. The van der Waals surface area contributed by atoms with Crippen LogP contribution in [0.3, 0.4) is 0 Å². The number of nitrogens with two attached hydrogens (primary N) is 1. The number of esters is 3. The molecule has 17 nitrogen and oxygen atoms in total. The lowest BCUT2D eigenvalue weighted by Gasteiger charge is -2.28. The maximum Gasteiger partial charge on any atom is 0.328 e. The summed E-state index contributed by atoms with van der Waals surface area (Å²) in [5.74, 6) is -2.68. The molecule has 0 spiro atoms. The van der Waals surface area contributed by atoms with Crippen molar-refractivity contribution in [1.82, 2.24) is 35.0 Å². The van der Waals surface area contributed by atoms with E-state index in [1.165, 1.54) is 38.0 Å². The summed E-state index contributed by atoms with van der Waals surface area (Å²) < 4.78 is 36.3. The van der Waals surface area contributed by atoms with Crippen LogP contribution in [0.15, 0.2) is 12.7 Å². The van der Waals surface area contributed by atoms with Crippen molar-refractivity contribution in [2.75, 3.05) is 31.9 Å². The molecular formula is C24H39N8O9P. The summed E-state index contributed by atoms with van der Waals surface area (Å²) >= 11 is 0. The number of anilines is 1. The van der Waals surface area contributed by atoms with Gasteiger partial charge in [0.2, 0.25) is 7.44 Å². The van der Waals surface area contributed by atoms with Gasteiger partial charge in [0.1, 0.15) is 36.3 Å². The van der Waals surface area contributed by atoms with E-state index in [0.717, 1.165) is 0 Å². The zero-order valence-electron chi connectivity index (χ0n) is 24.5. The van der Waals surface area contributed by atoms with E-state index in [9.17, 15) is 23.7 Å². The van der Waals surface area contributed by atoms with E-state index in [4.69, 9.17) is 24.7 Å². The number of fused-ring (bicyclic) bond motifs is 1. The van der Waals surface area contributed by atoms with Crippen molar-refractivity contribution in [2.24, 2.45) is 0 Å². The zero-order valence-corrected chi connectivity index (χ0v) is 25.4. The van der Waals surface area contributed by atoms with Crippen LogP contribution in [0.2, 0.25) is 0 Å². The summed E-state index contributed by atoms with van der Waals surface area (Å²) in [7, 11) is -3.96. The predicted molar refractivity (Wildman–Crippen MR) is 150 cm³/mol. The molecule has 1 amide bonds. The second kappa shape index (κ2) is 16.1. The number of hydrogen-bond donors (Lipinski definition) is 4. The topological polar surface area (TPSA) is 228 Å². The van der Waals surface area contributed by atoms with Gasteiger partial charge in [0.25, 0.3) is 5.91 Å². The fourth-order valence-electron chi connectivity index (χ4n) is 3.63. The molecule has 2 aromatic rings. The molecule has 18 heteroatoms. The molecule has 2 aromatic heterocycles. The number of aromatic nitrogens is 4. The van der Waals surface area contributed by atoms with Crippen LogP contribution in [-0.2, 0) is 49.2 Å². The van der Waals surface area contributed by atoms with E-state index in [1.807, 2.05) is 0 Å². The van der Waals surface area contributed by atoms with Gasteiger partial charge in [0.15, 0.2) is 17.6 Å². The van der Waals surface area contributed by atoms with E-state index in [-0.39, 0.29) is 37.7 Å². The van der Waals surface area contributed by atoms with Crippen LogP contribution in [0.5, 0.6) is 0 Å². The molecule has 5 N–H and O–H groups in total. The first-order valence-electron chi connectivity index (χ1n) is 13.3. The van der Waals surface area contributed by atoms with Gasteiger partial charge >= 0.3 is 17.9 Å². The number of nitrogen functional groups attached to an aromatic ring is 1. The lowest BCUT2D eigenvalue weighted by Crippen LogP contribution is -2.48. The number of hydrogen-bond acceptors (Lipinski definition) is 13. The summed E-state index contributed by atoms with van der Waals surface area (Å²) in [6, 6.07) is -3.18. The minimum absolute atomic E-state index is 0.0894. The molecular weight excluding hydrogens is 575 g/mol. The van der Waals surface area contributed by atoms with Crippen LogP contribution in [-0.4, -0.2) is 93.7 Å². The Kier molecular flexibility index (Phi) is 13.2. The fourth-order valence-corrected chi connectivity index (χ4v) is 5.70. The average Bonchev–Trinajstić information content (AvgIpc) is 3.35. The molecule has 0 unspecified atom stereocenters. The normalized spacial score (nSPS) is 14.4. The van der Waals surface area contributed by atoms with Crippen LogP contribution in [0, 0.1) is 0 Å². The maximum absolute atomic E-state index is 14.0. The second-order valence-corrected chi connectivity index (χ2v) is 11.3. The van der Waals surface area contributed by atoms with Crippen LogP contribution < -0.4 is 21.2 Å². The highest BCUT2D eigenvalue weighted by Crippen LogP contribution is 2.38. The standard InChI is InChI=1S/C24H39N8O9P/c1-7-38-22(34)14(4)29-21(33)17(10-32-12-28-18-19(25)26-11-27-20(18)32)41-13-42(37,30-15(5)23(35)39-8-2)31-16(6)24(36)40-9-3/h11-12,14-17H,7-10,13H2,1-6H3,(H,29,33)(H2,25,26,27)(H2,30,31,37)/t14-,15-,16-,17-/m0/s1. The van der Waals surface area contributed by atoms with Crippen molar-refractivity contribution < 1.29 is 42.7 Å². The molecule has 234 valence electrons. The van der Waals surface area contributed by atoms with Gasteiger partial charge in [-0.15, -0.1) is 0 Å². The van der Waals surface area contributed by atoms with Gasteiger partial charge in [0.05, 0.1) is 32.7 Å². The molecule has 42 heavy (non-hydrogen) atoms. The first-order chi connectivity index (χ1) is 19.8. The number of nitrogens with one attached hydrogen (secondary N) is 3. The van der Waals surface area contributed by atoms with Crippen molar-refractivity contribution in [3.05, 3.63) is 12.7 Å².